The smallest absolute Gasteiger partial charge is 0.193 e. The van der Waals surface area contributed by atoms with E-state index >= 15 is 0 Å². The van der Waals surface area contributed by atoms with Crippen LogP contribution in [0.1, 0.15) is 25.3 Å². The van der Waals surface area contributed by atoms with E-state index in [4.69, 9.17) is 0 Å². The topological polar surface area (TPSA) is 27.6 Å². The Kier molecular flexibility index (Phi) is 10.0. The van der Waals surface area contributed by atoms with Gasteiger partial charge in [-0.2, -0.15) is 11.8 Å². The van der Waals surface area contributed by atoms with Crippen molar-refractivity contribution in [3.63, 3.8) is 0 Å². The predicted octanol–water partition coefficient (Wildman–Crippen LogP) is 3.89. The third-order valence-electron chi connectivity index (χ3n) is 4.44. The van der Waals surface area contributed by atoms with Gasteiger partial charge in [-0.3, -0.25) is 4.99 Å². The molecule has 0 amide bonds. The van der Waals surface area contributed by atoms with Crippen LogP contribution in [-0.4, -0.2) is 49.0 Å². The number of hydrogen-bond acceptors (Lipinski definition) is 2. The summed E-state index contributed by atoms with van der Waals surface area (Å²) in [6, 6.07) is 10.9. The molecule has 1 N–H and O–H groups in total. The monoisotopic (exact) mass is 447 g/mol. The second kappa shape index (κ2) is 11.2. The molecule has 0 bridgehead atoms. The molecule has 1 saturated heterocycles. The molecule has 1 fully saturated rings. The van der Waals surface area contributed by atoms with Crippen LogP contribution in [0.5, 0.6) is 0 Å². The maximum absolute atomic E-state index is 4.45. The maximum atomic E-state index is 4.45. The van der Waals surface area contributed by atoms with Crippen molar-refractivity contribution in [1.29, 1.82) is 0 Å². The van der Waals surface area contributed by atoms with E-state index in [-0.39, 0.29) is 24.0 Å². The lowest BCUT2D eigenvalue weighted by Gasteiger charge is -2.34. The summed E-state index contributed by atoms with van der Waals surface area (Å²) in [6.45, 7) is 5.46. The second-order valence-corrected chi connectivity index (χ2v) is 7.37. The number of benzene rings is 1. The Bertz CT molecular complexity index is 459. The Balaban J connectivity index is 0.00000264. The number of rotatable bonds is 5. The van der Waals surface area contributed by atoms with Crippen LogP contribution < -0.4 is 5.32 Å². The number of thioether (sulfide) groups is 1. The minimum atomic E-state index is 0. The standard InChI is InChI=1S/C18H29N3S.HI/c1-15(22-3)14-20-18(19-2)21-11-9-17(10-12-21)13-16-7-5-4-6-8-16;/h4-8,15,17H,9-14H2,1-3H3,(H,19,20);1H. The fraction of sp³-hybridized carbons (Fsp3) is 0.611. The van der Waals surface area contributed by atoms with Crippen molar-refractivity contribution < 1.29 is 0 Å². The van der Waals surface area contributed by atoms with E-state index in [9.17, 15) is 0 Å². The van der Waals surface area contributed by atoms with Gasteiger partial charge in [0.25, 0.3) is 0 Å². The average molecular weight is 447 g/mol. The summed E-state index contributed by atoms with van der Waals surface area (Å²) in [7, 11) is 1.89. The zero-order chi connectivity index (χ0) is 15.8. The number of likely N-dealkylation sites (tertiary alicyclic amines) is 1. The Morgan fingerprint density at radius 1 is 1.30 bits per heavy atom. The van der Waals surface area contributed by atoms with Crippen molar-refractivity contribution in [2.24, 2.45) is 10.9 Å². The van der Waals surface area contributed by atoms with Gasteiger partial charge in [0.05, 0.1) is 0 Å². The molecule has 0 aromatic heterocycles. The highest BCUT2D eigenvalue weighted by Gasteiger charge is 2.21. The third kappa shape index (κ3) is 6.91. The van der Waals surface area contributed by atoms with E-state index in [2.05, 4.69) is 58.7 Å². The molecule has 0 aliphatic carbocycles. The van der Waals surface area contributed by atoms with Gasteiger partial charge in [0.2, 0.25) is 0 Å². The van der Waals surface area contributed by atoms with Crippen molar-refractivity contribution >= 4 is 41.7 Å². The first kappa shape index (κ1) is 20.6. The third-order valence-corrected chi connectivity index (χ3v) is 5.41. The molecule has 5 heteroatoms. The van der Waals surface area contributed by atoms with Crippen molar-refractivity contribution in [3.8, 4) is 0 Å². The molecule has 3 nitrogen and oxygen atoms in total. The maximum Gasteiger partial charge on any atom is 0.193 e. The van der Waals surface area contributed by atoms with E-state index < -0.39 is 0 Å². The molecule has 2 rings (SSSR count). The molecule has 1 aliphatic rings. The molecule has 1 aliphatic heterocycles. The van der Waals surface area contributed by atoms with Gasteiger partial charge in [-0.1, -0.05) is 37.3 Å². The zero-order valence-electron chi connectivity index (χ0n) is 14.5. The highest BCUT2D eigenvalue weighted by molar-refractivity contribution is 14.0. The number of halogens is 1. The molecule has 1 unspecified atom stereocenters. The molecule has 0 saturated carbocycles. The molecule has 1 aromatic rings. The zero-order valence-corrected chi connectivity index (χ0v) is 17.6. The first-order chi connectivity index (χ1) is 10.7. The molecule has 0 spiro atoms. The Morgan fingerprint density at radius 3 is 2.52 bits per heavy atom. The summed E-state index contributed by atoms with van der Waals surface area (Å²) < 4.78 is 0. The van der Waals surface area contributed by atoms with Crippen LogP contribution in [0.2, 0.25) is 0 Å². The first-order valence-corrected chi connectivity index (χ1v) is 9.54. The van der Waals surface area contributed by atoms with E-state index in [1.165, 1.54) is 24.8 Å². The highest BCUT2D eigenvalue weighted by Crippen LogP contribution is 2.21. The van der Waals surface area contributed by atoms with Gasteiger partial charge in [0.1, 0.15) is 0 Å². The van der Waals surface area contributed by atoms with Gasteiger partial charge in [-0.15, -0.1) is 24.0 Å². The minimum absolute atomic E-state index is 0. The van der Waals surface area contributed by atoms with Crippen LogP contribution in [0.15, 0.2) is 35.3 Å². The fourth-order valence-electron chi connectivity index (χ4n) is 2.95. The average Bonchev–Trinajstić information content (AvgIpc) is 2.57. The predicted molar refractivity (Wildman–Crippen MR) is 114 cm³/mol. The molecule has 1 heterocycles. The molecule has 1 atom stereocenters. The fourth-order valence-corrected chi connectivity index (χ4v) is 3.20. The summed E-state index contributed by atoms with van der Waals surface area (Å²) in [6.07, 6.45) is 5.88. The normalized spacial score (nSPS) is 17.5. The van der Waals surface area contributed by atoms with Crippen LogP contribution in [0.25, 0.3) is 0 Å². The summed E-state index contributed by atoms with van der Waals surface area (Å²) in [5.74, 6) is 1.88. The van der Waals surface area contributed by atoms with Gasteiger partial charge in [0.15, 0.2) is 5.96 Å². The Labute approximate surface area is 162 Å². The number of hydrogen-bond donors (Lipinski definition) is 1. The van der Waals surface area contributed by atoms with Gasteiger partial charge in [0, 0.05) is 31.9 Å². The summed E-state index contributed by atoms with van der Waals surface area (Å²) in [5, 5.41) is 4.13. The molecule has 23 heavy (non-hydrogen) atoms. The van der Waals surface area contributed by atoms with Gasteiger partial charge < -0.3 is 10.2 Å². The number of nitrogens with one attached hydrogen (secondary N) is 1. The molecule has 0 radical (unpaired) electrons. The number of nitrogens with zero attached hydrogens (tertiary/aromatic N) is 2. The van der Waals surface area contributed by atoms with Crippen molar-refractivity contribution in [2.75, 3.05) is 32.9 Å². The van der Waals surface area contributed by atoms with E-state index in [1.807, 2.05) is 18.8 Å². The van der Waals surface area contributed by atoms with Crippen molar-refractivity contribution in [1.82, 2.24) is 10.2 Å². The SMILES string of the molecule is CN=C(NCC(C)SC)N1CCC(Cc2ccccc2)CC1.I. The van der Waals surface area contributed by atoms with Crippen LogP contribution in [0.4, 0.5) is 0 Å². The van der Waals surface area contributed by atoms with Crippen LogP contribution in [0, 0.1) is 5.92 Å². The highest BCUT2D eigenvalue weighted by atomic mass is 127. The van der Waals surface area contributed by atoms with Crippen LogP contribution >= 0.6 is 35.7 Å². The number of guanidine groups is 1. The van der Waals surface area contributed by atoms with Crippen molar-refractivity contribution in [2.45, 2.75) is 31.4 Å². The lowest BCUT2D eigenvalue weighted by atomic mass is 9.90. The second-order valence-electron chi connectivity index (χ2n) is 6.09. The summed E-state index contributed by atoms with van der Waals surface area (Å²) >= 11 is 1.89. The Hall–Kier alpha value is -0.430. The minimum Gasteiger partial charge on any atom is -0.355 e. The lowest BCUT2D eigenvalue weighted by Crippen LogP contribution is -2.47. The van der Waals surface area contributed by atoms with E-state index in [0.717, 1.165) is 31.5 Å². The molecule has 1 aromatic carbocycles. The lowest BCUT2D eigenvalue weighted by molar-refractivity contribution is 0.259. The largest absolute Gasteiger partial charge is 0.355 e. The molecular formula is C18H30IN3S. The summed E-state index contributed by atoms with van der Waals surface area (Å²) in [4.78, 5) is 6.86. The van der Waals surface area contributed by atoms with Crippen LogP contribution in [0.3, 0.4) is 0 Å². The first-order valence-electron chi connectivity index (χ1n) is 8.25. The Morgan fingerprint density at radius 2 is 1.96 bits per heavy atom. The summed E-state index contributed by atoms with van der Waals surface area (Å²) in [5.41, 5.74) is 1.47. The number of piperidine rings is 1. The van der Waals surface area contributed by atoms with Gasteiger partial charge in [-0.05, 0) is 37.0 Å². The van der Waals surface area contributed by atoms with Gasteiger partial charge >= 0.3 is 0 Å². The number of aliphatic imine (C=N–C) groups is 1. The molecule has 130 valence electrons. The quantitative estimate of drug-likeness (QED) is 0.422. The van der Waals surface area contributed by atoms with Crippen LogP contribution in [-0.2, 0) is 6.42 Å². The van der Waals surface area contributed by atoms with E-state index in [1.54, 1.807) is 0 Å². The van der Waals surface area contributed by atoms with E-state index in [0.29, 0.717) is 5.25 Å². The van der Waals surface area contributed by atoms with Crippen molar-refractivity contribution in [3.05, 3.63) is 35.9 Å². The molecular weight excluding hydrogens is 417 g/mol. The van der Waals surface area contributed by atoms with Gasteiger partial charge in [-0.25, -0.2) is 0 Å².